The van der Waals surface area contributed by atoms with Gasteiger partial charge in [0.1, 0.15) is 0 Å². The smallest absolute Gasteiger partial charge is 0.0826 e. The molecule has 2 saturated heterocycles. The Labute approximate surface area is 117 Å². The predicted molar refractivity (Wildman–Crippen MR) is 76.6 cm³/mol. The topological polar surface area (TPSA) is 37.0 Å². The highest BCUT2D eigenvalue weighted by Crippen LogP contribution is 2.07. The second-order valence-corrected chi connectivity index (χ2v) is 5.74. The second kappa shape index (κ2) is 8.17. The third-order valence-electron chi connectivity index (χ3n) is 3.98. The highest BCUT2D eigenvalue weighted by atomic mass is 16.5. The van der Waals surface area contributed by atoms with Gasteiger partial charge in [-0.1, -0.05) is 0 Å². The van der Waals surface area contributed by atoms with Gasteiger partial charge < -0.3 is 14.8 Å². The lowest BCUT2D eigenvalue weighted by Gasteiger charge is -2.35. The number of hydrogen-bond donors (Lipinski definition) is 1. The summed E-state index contributed by atoms with van der Waals surface area (Å²) in [6.07, 6.45) is 0.348. The zero-order chi connectivity index (χ0) is 13.5. The Balaban J connectivity index is 1.55. The van der Waals surface area contributed by atoms with Crippen LogP contribution in [0.25, 0.3) is 0 Å². The van der Waals surface area contributed by atoms with Gasteiger partial charge in [0.05, 0.1) is 25.9 Å². The van der Waals surface area contributed by atoms with Crippen LogP contribution in [0.3, 0.4) is 0 Å². The molecular formula is C14H29N3O2. The van der Waals surface area contributed by atoms with Gasteiger partial charge in [0.25, 0.3) is 0 Å². The van der Waals surface area contributed by atoms with Crippen molar-refractivity contribution in [3.8, 4) is 0 Å². The summed E-state index contributed by atoms with van der Waals surface area (Å²) in [7, 11) is 0. The molecule has 2 heterocycles. The maximum absolute atomic E-state index is 5.81. The van der Waals surface area contributed by atoms with Crippen molar-refractivity contribution >= 4 is 0 Å². The van der Waals surface area contributed by atoms with Crippen LogP contribution in [-0.2, 0) is 9.47 Å². The minimum Gasteiger partial charge on any atom is -0.379 e. The van der Waals surface area contributed by atoms with Crippen LogP contribution in [0.4, 0.5) is 0 Å². The Morgan fingerprint density at radius 2 is 1.95 bits per heavy atom. The second-order valence-electron chi connectivity index (χ2n) is 5.74. The van der Waals surface area contributed by atoms with E-state index in [1.165, 1.54) is 0 Å². The highest BCUT2D eigenvalue weighted by Gasteiger charge is 2.21. The molecule has 0 amide bonds. The van der Waals surface area contributed by atoms with E-state index in [1.54, 1.807) is 0 Å². The van der Waals surface area contributed by atoms with Gasteiger partial charge in [0.2, 0.25) is 0 Å². The van der Waals surface area contributed by atoms with E-state index >= 15 is 0 Å². The van der Waals surface area contributed by atoms with Gasteiger partial charge in [-0.3, -0.25) is 9.80 Å². The lowest BCUT2D eigenvalue weighted by molar-refractivity contribution is -0.0374. The molecule has 0 saturated carbocycles. The predicted octanol–water partition coefficient (Wildman–Crippen LogP) is 0.0174. The highest BCUT2D eigenvalue weighted by molar-refractivity contribution is 4.76. The molecule has 0 spiro atoms. The normalized spacial score (nSPS) is 27.0. The minimum atomic E-state index is 0.348. The third kappa shape index (κ3) is 5.36. The molecule has 19 heavy (non-hydrogen) atoms. The van der Waals surface area contributed by atoms with Gasteiger partial charge in [0, 0.05) is 51.9 Å². The molecule has 1 unspecified atom stereocenters. The van der Waals surface area contributed by atoms with Crippen molar-refractivity contribution in [1.82, 2.24) is 15.1 Å². The van der Waals surface area contributed by atoms with Crippen LogP contribution in [0.5, 0.6) is 0 Å². The van der Waals surface area contributed by atoms with E-state index in [-0.39, 0.29) is 0 Å². The summed E-state index contributed by atoms with van der Waals surface area (Å²) in [5, 5.41) is 3.53. The van der Waals surface area contributed by atoms with Gasteiger partial charge in [0.15, 0.2) is 0 Å². The Morgan fingerprint density at radius 3 is 2.68 bits per heavy atom. The first-order chi connectivity index (χ1) is 9.25. The van der Waals surface area contributed by atoms with Crippen LogP contribution in [0.15, 0.2) is 0 Å². The lowest BCUT2D eigenvalue weighted by atomic mass is 10.2. The van der Waals surface area contributed by atoms with Gasteiger partial charge in [-0.05, 0) is 13.8 Å². The third-order valence-corrected chi connectivity index (χ3v) is 3.98. The van der Waals surface area contributed by atoms with E-state index in [1.807, 2.05) is 0 Å². The molecular weight excluding hydrogens is 242 g/mol. The first kappa shape index (κ1) is 15.2. The molecule has 112 valence electrons. The van der Waals surface area contributed by atoms with Crippen LogP contribution in [-0.4, -0.2) is 87.6 Å². The number of rotatable bonds is 6. The summed E-state index contributed by atoms with van der Waals surface area (Å²) in [4.78, 5) is 4.95. The Hall–Kier alpha value is -0.200. The molecule has 5 heteroatoms. The molecule has 0 aliphatic carbocycles. The van der Waals surface area contributed by atoms with Gasteiger partial charge in [-0.2, -0.15) is 0 Å². The number of nitrogens with one attached hydrogen (secondary N) is 1. The first-order valence-corrected chi connectivity index (χ1v) is 7.62. The molecule has 2 aliphatic rings. The molecule has 5 nitrogen and oxygen atoms in total. The van der Waals surface area contributed by atoms with Crippen molar-refractivity contribution in [1.29, 1.82) is 0 Å². The standard InChI is InChI=1S/C14H29N3O2/c1-13(2)17-7-10-19-14(12-17)11-15-3-4-16-5-8-18-9-6-16/h13-15H,3-12H2,1-2H3. The first-order valence-electron chi connectivity index (χ1n) is 7.62. The van der Waals surface area contributed by atoms with E-state index in [4.69, 9.17) is 9.47 Å². The molecule has 0 aromatic carbocycles. The van der Waals surface area contributed by atoms with Crippen molar-refractivity contribution < 1.29 is 9.47 Å². The number of nitrogens with zero attached hydrogens (tertiary/aromatic N) is 2. The van der Waals surface area contributed by atoms with Crippen LogP contribution < -0.4 is 5.32 Å². The minimum absolute atomic E-state index is 0.348. The Kier molecular flexibility index (Phi) is 6.53. The van der Waals surface area contributed by atoms with E-state index < -0.39 is 0 Å². The van der Waals surface area contributed by atoms with Gasteiger partial charge >= 0.3 is 0 Å². The van der Waals surface area contributed by atoms with Crippen molar-refractivity contribution in [2.45, 2.75) is 26.0 Å². The van der Waals surface area contributed by atoms with Gasteiger partial charge in [-0.15, -0.1) is 0 Å². The number of morpholine rings is 2. The zero-order valence-electron chi connectivity index (χ0n) is 12.4. The molecule has 2 fully saturated rings. The van der Waals surface area contributed by atoms with Crippen molar-refractivity contribution in [3.05, 3.63) is 0 Å². The summed E-state index contributed by atoms with van der Waals surface area (Å²) < 4.78 is 11.2. The van der Waals surface area contributed by atoms with Crippen molar-refractivity contribution in [3.63, 3.8) is 0 Å². The Morgan fingerprint density at radius 1 is 1.16 bits per heavy atom. The maximum atomic E-state index is 5.81. The Bertz CT molecular complexity index is 245. The van der Waals surface area contributed by atoms with E-state index in [2.05, 4.69) is 29.0 Å². The quantitative estimate of drug-likeness (QED) is 0.689. The molecule has 0 aromatic rings. The average Bonchev–Trinajstić information content (AvgIpc) is 2.45. The average molecular weight is 271 g/mol. The lowest BCUT2D eigenvalue weighted by Crippen LogP contribution is -2.49. The molecule has 0 bridgehead atoms. The number of ether oxygens (including phenoxy) is 2. The monoisotopic (exact) mass is 271 g/mol. The fourth-order valence-corrected chi connectivity index (χ4v) is 2.66. The molecule has 1 atom stereocenters. The summed E-state index contributed by atoms with van der Waals surface area (Å²) in [5.41, 5.74) is 0. The van der Waals surface area contributed by atoms with Crippen LogP contribution in [0, 0.1) is 0 Å². The van der Waals surface area contributed by atoms with E-state index in [0.29, 0.717) is 12.1 Å². The zero-order valence-corrected chi connectivity index (χ0v) is 12.4. The van der Waals surface area contributed by atoms with E-state index in [0.717, 1.165) is 65.6 Å². The van der Waals surface area contributed by atoms with Crippen LogP contribution in [0.1, 0.15) is 13.8 Å². The SMILES string of the molecule is CC(C)N1CCOC(CNCCN2CCOCC2)C1. The maximum Gasteiger partial charge on any atom is 0.0826 e. The molecule has 2 aliphatic heterocycles. The van der Waals surface area contributed by atoms with E-state index in [9.17, 15) is 0 Å². The van der Waals surface area contributed by atoms with Crippen molar-refractivity contribution in [2.24, 2.45) is 0 Å². The molecule has 0 radical (unpaired) electrons. The fraction of sp³-hybridized carbons (Fsp3) is 1.00. The summed E-state index contributed by atoms with van der Waals surface area (Å²) >= 11 is 0. The van der Waals surface area contributed by atoms with Gasteiger partial charge in [-0.25, -0.2) is 0 Å². The van der Waals surface area contributed by atoms with Crippen molar-refractivity contribution in [2.75, 3.05) is 65.6 Å². The summed E-state index contributed by atoms with van der Waals surface area (Å²) in [6, 6.07) is 0.625. The molecule has 1 N–H and O–H groups in total. The largest absolute Gasteiger partial charge is 0.379 e. The summed E-state index contributed by atoms with van der Waals surface area (Å²) in [6.45, 7) is 14.6. The van der Waals surface area contributed by atoms with Crippen LogP contribution in [0.2, 0.25) is 0 Å². The summed E-state index contributed by atoms with van der Waals surface area (Å²) in [5.74, 6) is 0. The molecule has 2 rings (SSSR count). The fourth-order valence-electron chi connectivity index (χ4n) is 2.66. The number of hydrogen-bond acceptors (Lipinski definition) is 5. The van der Waals surface area contributed by atoms with Crippen LogP contribution >= 0.6 is 0 Å². The molecule has 0 aromatic heterocycles.